The van der Waals surface area contributed by atoms with Crippen LogP contribution in [0.15, 0.2) is 24.3 Å². The fraction of sp³-hybridized carbons (Fsp3) is 0.312. The number of aromatic nitrogens is 2. The Morgan fingerprint density at radius 1 is 1.38 bits per heavy atom. The Morgan fingerprint density at radius 2 is 2.21 bits per heavy atom. The number of nitrogens with one attached hydrogen (secondary N) is 1. The number of hydrogen-bond donors (Lipinski definition) is 2. The number of rotatable bonds is 3. The van der Waals surface area contributed by atoms with Gasteiger partial charge >= 0.3 is 0 Å². The van der Waals surface area contributed by atoms with E-state index in [2.05, 4.69) is 15.3 Å². The molecule has 1 aliphatic heterocycles. The van der Waals surface area contributed by atoms with E-state index in [4.69, 9.17) is 22.6 Å². The molecule has 0 aliphatic carbocycles. The predicted octanol–water partition coefficient (Wildman–Crippen LogP) is 2.80. The van der Waals surface area contributed by atoms with Crippen molar-refractivity contribution in [1.82, 2.24) is 9.97 Å². The lowest BCUT2D eigenvalue weighted by Gasteiger charge is -2.35. The molecule has 0 saturated carbocycles. The van der Waals surface area contributed by atoms with Crippen LogP contribution in [0.2, 0.25) is 5.15 Å². The van der Waals surface area contributed by atoms with Gasteiger partial charge < -0.3 is 16.0 Å². The largest absolute Gasteiger partial charge is 0.368 e. The van der Waals surface area contributed by atoms with Gasteiger partial charge in [-0.3, -0.25) is 0 Å². The van der Waals surface area contributed by atoms with E-state index >= 15 is 0 Å². The number of nitrogens with two attached hydrogens (primary N) is 1. The van der Waals surface area contributed by atoms with Crippen molar-refractivity contribution in [3.8, 4) is 6.07 Å². The third kappa shape index (κ3) is 3.66. The maximum atomic E-state index is 14.2. The van der Waals surface area contributed by atoms with Crippen LogP contribution in [-0.2, 0) is 0 Å². The number of nitriles is 1. The molecule has 1 atom stereocenters. The quantitative estimate of drug-likeness (QED) is 0.830. The average Bonchev–Trinajstić information content (AvgIpc) is 2.54. The average molecular weight is 347 g/mol. The van der Waals surface area contributed by atoms with Gasteiger partial charge in [0.05, 0.1) is 17.3 Å². The third-order valence-electron chi connectivity index (χ3n) is 3.90. The predicted molar refractivity (Wildman–Crippen MR) is 91.4 cm³/mol. The van der Waals surface area contributed by atoms with Crippen molar-refractivity contribution in [2.24, 2.45) is 0 Å². The molecular weight excluding hydrogens is 331 g/mol. The normalized spacial score (nSPS) is 17.4. The molecule has 2 heterocycles. The highest BCUT2D eigenvalue weighted by molar-refractivity contribution is 6.29. The van der Waals surface area contributed by atoms with Crippen LogP contribution in [0.25, 0.3) is 0 Å². The van der Waals surface area contributed by atoms with Crippen molar-refractivity contribution < 1.29 is 4.39 Å². The molecule has 0 radical (unpaired) electrons. The van der Waals surface area contributed by atoms with Crippen LogP contribution in [0.3, 0.4) is 0 Å². The zero-order valence-corrected chi connectivity index (χ0v) is 13.6. The molecule has 1 aromatic carbocycles. The lowest BCUT2D eigenvalue weighted by molar-refractivity contribution is 0.518. The Balaban J connectivity index is 1.73. The van der Waals surface area contributed by atoms with E-state index in [0.717, 1.165) is 19.4 Å². The highest BCUT2D eigenvalue weighted by Crippen LogP contribution is 2.25. The molecular formula is C16H16ClFN6. The molecule has 1 aliphatic rings. The second-order valence-electron chi connectivity index (χ2n) is 5.64. The molecule has 6 nitrogen and oxygen atoms in total. The summed E-state index contributed by atoms with van der Waals surface area (Å²) in [6.45, 7) is 1.37. The Labute approximate surface area is 144 Å². The van der Waals surface area contributed by atoms with E-state index < -0.39 is 0 Å². The van der Waals surface area contributed by atoms with Crippen molar-refractivity contribution in [3.63, 3.8) is 0 Å². The van der Waals surface area contributed by atoms with Gasteiger partial charge in [-0.2, -0.15) is 10.2 Å². The Kier molecular flexibility index (Phi) is 4.67. The maximum Gasteiger partial charge on any atom is 0.223 e. The van der Waals surface area contributed by atoms with Crippen LogP contribution in [0.1, 0.15) is 18.4 Å². The minimum atomic E-state index is -0.385. The third-order valence-corrected chi connectivity index (χ3v) is 4.10. The maximum absolute atomic E-state index is 14.2. The summed E-state index contributed by atoms with van der Waals surface area (Å²) >= 11 is 5.88. The van der Waals surface area contributed by atoms with Crippen LogP contribution in [0.4, 0.5) is 21.8 Å². The number of nitrogen functional groups attached to an aromatic ring is 1. The Morgan fingerprint density at radius 3 is 2.92 bits per heavy atom. The molecule has 1 aromatic heterocycles. The highest BCUT2D eigenvalue weighted by Gasteiger charge is 2.22. The van der Waals surface area contributed by atoms with E-state index in [1.54, 1.807) is 18.2 Å². The van der Waals surface area contributed by atoms with Gasteiger partial charge in [0.15, 0.2) is 0 Å². The van der Waals surface area contributed by atoms with Crippen LogP contribution in [-0.4, -0.2) is 29.1 Å². The fourth-order valence-corrected chi connectivity index (χ4v) is 3.05. The summed E-state index contributed by atoms with van der Waals surface area (Å²) in [5.41, 5.74) is 6.41. The van der Waals surface area contributed by atoms with E-state index in [-0.39, 0.29) is 23.0 Å². The molecule has 2 aromatic rings. The van der Waals surface area contributed by atoms with Gasteiger partial charge in [-0.25, -0.2) is 9.37 Å². The molecule has 0 amide bonds. The molecule has 3 rings (SSSR count). The monoisotopic (exact) mass is 346 g/mol. The summed E-state index contributed by atoms with van der Waals surface area (Å²) in [7, 11) is 0. The number of anilines is 3. The minimum absolute atomic E-state index is 0.0826. The fourth-order valence-electron chi connectivity index (χ4n) is 2.86. The molecule has 1 saturated heterocycles. The standard InChI is InChI=1S/C16H16ClFN6/c17-14-7-15(23-16(20)22-14)21-11-2-1-5-24(9-11)13-4-3-10(8-19)6-12(13)18/h3-4,6-7,11H,1-2,5,9H2,(H3,20,21,22,23). The second kappa shape index (κ2) is 6.89. The number of benzene rings is 1. The van der Waals surface area contributed by atoms with E-state index in [1.165, 1.54) is 6.07 Å². The van der Waals surface area contributed by atoms with Crippen LogP contribution >= 0.6 is 11.6 Å². The zero-order chi connectivity index (χ0) is 17.1. The van der Waals surface area contributed by atoms with Gasteiger partial charge in [0, 0.05) is 25.2 Å². The molecule has 1 fully saturated rings. The van der Waals surface area contributed by atoms with Gasteiger partial charge in [-0.1, -0.05) is 11.6 Å². The number of halogens is 2. The van der Waals surface area contributed by atoms with E-state index in [0.29, 0.717) is 23.6 Å². The Hall–Kier alpha value is -2.59. The highest BCUT2D eigenvalue weighted by atomic mass is 35.5. The van der Waals surface area contributed by atoms with Crippen molar-refractivity contribution in [1.29, 1.82) is 5.26 Å². The summed E-state index contributed by atoms with van der Waals surface area (Å²) in [6, 6.07) is 8.17. The number of piperidine rings is 1. The molecule has 1 unspecified atom stereocenters. The first-order chi connectivity index (χ1) is 11.5. The topological polar surface area (TPSA) is 90.9 Å². The lowest BCUT2D eigenvalue weighted by atomic mass is 10.0. The molecule has 24 heavy (non-hydrogen) atoms. The zero-order valence-electron chi connectivity index (χ0n) is 12.8. The van der Waals surface area contributed by atoms with Gasteiger partial charge in [0.2, 0.25) is 5.95 Å². The van der Waals surface area contributed by atoms with Crippen molar-refractivity contribution in [2.45, 2.75) is 18.9 Å². The molecule has 0 bridgehead atoms. The molecule has 8 heteroatoms. The smallest absolute Gasteiger partial charge is 0.223 e. The Bertz CT molecular complexity index is 770. The first-order valence-electron chi connectivity index (χ1n) is 7.56. The van der Waals surface area contributed by atoms with Crippen LogP contribution in [0, 0.1) is 17.1 Å². The summed E-state index contributed by atoms with van der Waals surface area (Å²) in [6.07, 6.45) is 1.83. The molecule has 124 valence electrons. The minimum Gasteiger partial charge on any atom is -0.368 e. The first kappa shape index (κ1) is 16.3. The van der Waals surface area contributed by atoms with Crippen LogP contribution in [0.5, 0.6) is 0 Å². The van der Waals surface area contributed by atoms with Gasteiger partial charge in [-0.15, -0.1) is 0 Å². The number of nitrogens with zero attached hydrogens (tertiary/aromatic N) is 4. The lowest BCUT2D eigenvalue weighted by Crippen LogP contribution is -2.42. The van der Waals surface area contributed by atoms with Gasteiger partial charge in [0.1, 0.15) is 16.8 Å². The van der Waals surface area contributed by atoms with Gasteiger partial charge in [0.25, 0.3) is 0 Å². The number of hydrogen-bond acceptors (Lipinski definition) is 6. The molecule has 3 N–H and O–H groups in total. The SMILES string of the molecule is N#Cc1ccc(N2CCCC(Nc3cc(Cl)nc(N)n3)C2)c(F)c1. The summed E-state index contributed by atoms with van der Waals surface area (Å²) in [5, 5.41) is 12.4. The van der Waals surface area contributed by atoms with Gasteiger partial charge in [-0.05, 0) is 31.0 Å². The van der Waals surface area contributed by atoms with Crippen molar-refractivity contribution >= 4 is 29.1 Å². The van der Waals surface area contributed by atoms with E-state index in [9.17, 15) is 4.39 Å². The second-order valence-corrected chi connectivity index (χ2v) is 6.03. The summed E-state index contributed by atoms with van der Waals surface area (Å²) in [5.74, 6) is 0.277. The summed E-state index contributed by atoms with van der Waals surface area (Å²) in [4.78, 5) is 9.89. The molecule has 0 spiro atoms. The van der Waals surface area contributed by atoms with Crippen LogP contribution < -0.4 is 16.0 Å². The summed E-state index contributed by atoms with van der Waals surface area (Å²) < 4.78 is 14.2. The first-order valence-corrected chi connectivity index (χ1v) is 7.94. The van der Waals surface area contributed by atoms with Crippen molar-refractivity contribution in [3.05, 3.63) is 40.8 Å². The van der Waals surface area contributed by atoms with E-state index in [1.807, 2.05) is 11.0 Å². The van der Waals surface area contributed by atoms with Crippen molar-refractivity contribution in [2.75, 3.05) is 29.0 Å².